The molecule has 0 saturated heterocycles. The van der Waals surface area contributed by atoms with E-state index in [2.05, 4.69) is 43.7 Å². The number of aromatic nitrogens is 2. The van der Waals surface area contributed by atoms with Crippen LogP contribution in [0.4, 0.5) is 0 Å². The summed E-state index contributed by atoms with van der Waals surface area (Å²) in [6, 6.07) is 2.53. The van der Waals surface area contributed by atoms with Crippen LogP contribution in [0.25, 0.3) is 0 Å². The number of methoxy groups -OCH3 is 1. The zero-order valence-corrected chi connectivity index (χ0v) is 9.53. The molecule has 0 saturated carbocycles. The third kappa shape index (κ3) is 2.44. The molecule has 0 spiro atoms. The Morgan fingerprint density at radius 1 is 1.00 bits per heavy atom. The summed E-state index contributed by atoms with van der Waals surface area (Å²) < 4.78 is 5.07. The Bertz CT molecular complexity index is 282. The summed E-state index contributed by atoms with van der Waals surface area (Å²) in [5.74, 6) is 0.814. The Labute approximate surface area is 85.5 Å². The first-order valence-corrected chi connectivity index (χ1v) is 4.97. The normalized spacial score (nSPS) is 11.1. The fourth-order valence-electron chi connectivity index (χ4n) is 1.14. The first-order chi connectivity index (χ1) is 6.54. The van der Waals surface area contributed by atoms with E-state index in [1.54, 1.807) is 7.11 Å². The van der Waals surface area contributed by atoms with Crippen molar-refractivity contribution in [3.8, 4) is 6.01 Å². The molecule has 0 aromatic carbocycles. The summed E-state index contributed by atoms with van der Waals surface area (Å²) in [7, 11) is 1.60. The lowest BCUT2D eigenvalue weighted by atomic mass is 10.1. The summed E-state index contributed by atoms with van der Waals surface area (Å²) >= 11 is 0. The zero-order valence-electron chi connectivity index (χ0n) is 9.53. The molecule has 1 aromatic heterocycles. The van der Waals surface area contributed by atoms with Crippen LogP contribution in [0.3, 0.4) is 0 Å². The van der Waals surface area contributed by atoms with Crippen LogP contribution in [0.1, 0.15) is 50.9 Å². The van der Waals surface area contributed by atoms with Gasteiger partial charge in [-0.3, -0.25) is 0 Å². The molecule has 0 aliphatic heterocycles. The van der Waals surface area contributed by atoms with Crippen molar-refractivity contribution >= 4 is 0 Å². The molecule has 0 fully saturated rings. The monoisotopic (exact) mass is 194 g/mol. The lowest BCUT2D eigenvalue weighted by Crippen LogP contribution is -2.03. The van der Waals surface area contributed by atoms with Gasteiger partial charge in [0.15, 0.2) is 0 Å². The first-order valence-electron chi connectivity index (χ1n) is 4.97. The number of hydrogen-bond acceptors (Lipinski definition) is 3. The Balaban J connectivity index is 3.13. The topological polar surface area (TPSA) is 35.0 Å². The molecule has 3 nitrogen and oxygen atoms in total. The summed E-state index contributed by atoms with van der Waals surface area (Å²) in [5.41, 5.74) is 2.08. The van der Waals surface area contributed by atoms with Crippen LogP contribution in [0, 0.1) is 0 Å². The lowest BCUT2D eigenvalue weighted by Gasteiger charge is -2.10. The maximum absolute atomic E-state index is 5.07. The van der Waals surface area contributed by atoms with E-state index in [1.807, 2.05) is 0 Å². The maximum Gasteiger partial charge on any atom is 0.316 e. The third-order valence-electron chi connectivity index (χ3n) is 2.11. The van der Waals surface area contributed by atoms with Gasteiger partial charge in [0.05, 0.1) is 18.5 Å². The molecule has 1 rings (SSSR count). The van der Waals surface area contributed by atoms with Crippen molar-refractivity contribution in [1.29, 1.82) is 0 Å². The van der Waals surface area contributed by atoms with Gasteiger partial charge in [-0.2, -0.15) is 9.97 Å². The highest BCUT2D eigenvalue weighted by atomic mass is 16.5. The van der Waals surface area contributed by atoms with Crippen molar-refractivity contribution in [2.45, 2.75) is 39.5 Å². The summed E-state index contributed by atoms with van der Waals surface area (Å²) in [5, 5.41) is 0. The van der Waals surface area contributed by atoms with E-state index in [0.717, 1.165) is 11.4 Å². The van der Waals surface area contributed by atoms with Gasteiger partial charge in [0, 0.05) is 0 Å². The molecule has 0 aliphatic rings. The molecule has 0 radical (unpaired) electrons. The summed E-state index contributed by atoms with van der Waals surface area (Å²) in [6.45, 7) is 8.47. The predicted octanol–water partition coefficient (Wildman–Crippen LogP) is 2.73. The van der Waals surface area contributed by atoms with Crippen molar-refractivity contribution in [1.82, 2.24) is 9.97 Å². The van der Waals surface area contributed by atoms with Gasteiger partial charge in [-0.25, -0.2) is 0 Å². The highest BCUT2D eigenvalue weighted by Gasteiger charge is 2.09. The summed E-state index contributed by atoms with van der Waals surface area (Å²) in [6.07, 6.45) is 0. The van der Waals surface area contributed by atoms with E-state index in [9.17, 15) is 0 Å². The smallest absolute Gasteiger partial charge is 0.316 e. The minimum atomic E-state index is 0.407. The molecule has 14 heavy (non-hydrogen) atoms. The van der Waals surface area contributed by atoms with E-state index in [1.165, 1.54) is 0 Å². The van der Waals surface area contributed by atoms with Crippen LogP contribution in [0.2, 0.25) is 0 Å². The molecule has 3 heteroatoms. The highest BCUT2D eigenvalue weighted by molar-refractivity contribution is 5.18. The molecular weight excluding hydrogens is 176 g/mol. The molecule has 0 unspecified atom stereocenters. The van der Waals surface area contributed by atoms with E-state index in [0.29, 0.717) is 17.8 Å². The van der Waals surface area contributed by atoms with Crippen molar-refractivity contribution < 1.29 is 4.74 Å². The van der Waals surface area contributed by atoms with E-state index in [-0.39, 0.29) is 0 Å². The van der Waals surface area contributed by atoms with E-state index < -0.39 is 0 Å². The second-order valence-electron chi connectivity index (χ2n) is 4.01. The van der Waals surface area contributed by atoms with Gasteiger partial charge in [0.25, 0.3) is 0 Å². The SMILES string of the molecule is COc1nc(C(C)C)cc(C(C)C)n1. The molecule has 0 atom stereocenters. The standard InChI is InChI=1S/C11H18N2O/c1-7(2)9-6-10(8(3)4)13-11(12-9)14-5/h6-8H,1-5H3. The number of ether oxygens (including phenoxy) is 1. The Kier molecular flexibility index (Phi) is 3.44. The number of rotatable bonds is 3. The van der Waals surface area contributed by atoms with Crippen LogP contribution < -0.4 is 4.74 Å². The molecule has 1 heterocycles. The van der Waals surface area contributed by atoms with Gasteiger partial charge in [0.1, 0.15) is 0 Å². The second kappa shape index (κ2) is 4.40. The Morgan fingerprint density at radius 3 is 1.71 bits per heavy atom. The molecular formula is C11H18N2O. The highest BCUT2D eigenvalue weighted by Crippen LogP contribution is 2.20. The average molecular weight is 194 g/mol. The van der Waals surface area contributed by atoms with Crippen LogP contribution in [0.15, 0.2) is 6.07 Å². The Morgan fingerprint density at radius 2 is 1.43 bits per heavy atom. The minimum Gasteiger partial charge on any atom is -0.467 e. The molecule has 1 aromatic rings. The predicted molar refractivity (Wildman–Crippen MR) is 56.8 cm³/mol. The Hall–Kier alpha value is -1.12. The molecule has 0 aliphatic carbocycles. The fraction of sp³-hybridized carbons (Fsp3) is 0.636. The van der Waals surface area contributed by atoms with Crippen LogP contribution in [-0.2, 0) is 0 Å². The zero-order chi connectivity index (χ0) is 10.7. The van der Waals surface area contributed by atoms with Gasteiger partial charge in [0.2, 0.25) is 0 Å². The van der Waals surface area contributed by atoms with Gasteiger partial charge in [-0.05, 0) is 17.9 Å². The van der Waals surface area contributed by atoms with Crippen molar-refractivity contribution in [3.63, 3.8) is 0 Å². The van der Waals surface area contributed by atoms with Gasteiger partial charge >= 0.3 is 6.01 Å². The van der Waals surface area contributed by atoms with Crippen LogP contribution in [0.5, 0.6) is 6.01 Å². The van der Waals surface area contributed by atoms with Gasteiger partial charge in [-0.1, -0.05) is 27.7 Å². The van der Waals surface area contributed by atoms with Crippen molar-refractivity contribution in [3.05, 3.63) is 17.5 Å². The summed E-state index contributed by atoms with van der Waals surface area (Å²) in [4.78, 5) is 8.60. The lowest BCUT2D eigenvalue weighted by molar-refractivity contribution is 0.374. The van der Waals surface area contributed by atoms with Gasteiger partial charge in [-0.15, -0.1) is 0 Å². The maximum atomic E-state index is 5.07. The average Bonchev–Trinajstić information content (AvgIpc) is 2.16. The molecule has 78 valence electrons. The second-order valence-corrected chi connectivity index (χ2v) is 4.01. The quantitative estimate of drug-likeness (QED) is 0.742. The van der Waals surface area contributed by atoms with Crippen molar-refractivity contribution in [2.24, 2.45) is 0 Å². The fourth-order valence-corrected chi connectivity index (χ4v) is 1.14. The van der Waals surface area contributed by atoms with Gasteiger partial charge < -0.3 is 4.74 Å². The number of hydrogen-bond donors (Lipinski definition) is 0. The van der Waals surface area contributed by atoms with E-state index in [4.69, 9.17) is 4.74 Å². The minimum absolute atomic E-state index is 0.407. The van der Waals surface area contributed by atoms with Crippen LogP contribution >= 0.6 is 0 Å². The van der Waals surface area contributed by atoms with Crippen molar-refractivity contribution in [2.75, 3.05) is 7.11 Å². The first kappa shape index (κ1) is 11.0. The molecule has 0 N–H and O–H groups in total. The molecule has 0 amide bonds. The van der Waals surface area contributed by atoms with E-state index >= 15 is 0 Å². The largest absolute Gasteiger partial charge is 0.467 e. The number of nitrogens with zero attached hydrogens (tertiary/aromatic N) is 2. The third-order valence-corrected chi connectivity index (χ3v) is 2.11. The van der Waals surface area contributed by atoms with Crippen LogP contribution in [-0.4, -0.2) is 17.1 Å². The molecule has 0 bridgehead atoms.